The van der Waals surface area contributed by atoms with Crippen LogP contribution in [0.3, 0.4) is 0 Å². The van der Waals surface area contributed by atoms with Gasteiger partial charge in [0.1, 0.15) is 6.04 Å². The maximum Gasteiger partial charge on any atom is 0.328 e. The van der Waals surface area contributed by atoms with E-state index in [0.717, 1.165) is 0 Å². The Morgan fingerprint density at radius 1 is 1.67 bits per heavy atom. The Balaban J connectivity index is 2.54. The third-order valence-electron chi connectivity index (χ3n) is 1.08. The number of rotatable bonds is 0. The molecule has 1 saturated heterocycles. The molecule has 0 radical (unpaired) electrons. The van der Waals surface area contributed by atoms with Crippen LogP contribution < -0.4 is 5.32 Å². The minimum absolute atomic E-state index is 0.136. The highest BCUT2D eigenvalue weighted by molar-refractivity contribution is 5.89. The lowest BCUT2D eigenvalue weighted by Gasteiger charge is -2.17. The summed E-state index contributed by atoms with van der Waals surface area (Å²) in [5.74, 6) is -0.600. The van der Waals surface area contributed by atoms with Crippen molar-refractivity contribution in [2.24, 2.45) is 0 Å². The minimum atomic E-state index is -0.480. The summed E-state index contributed by atoms with van der Waals surface area (Å²) in [5, 5.41) is 2.42. The number of amides is 1. The quantitative estimate of drug-likeness (QED) is 0.429. The summed E-state index contributed by atoms with van der Waals surface area (Å²) in [7, 11) is 0. The van der Waals surface area contributed by atoms with Gasteiger partial charge < -0.3 is 10.1 Å². The third kappa shape index (κ3) is 1.19. The smallest absolute Gasteiger partial charge is 0.328 e. The number of esters is 1. The van der Waals surface area contributed by atoms with E-state index in [2.05, 4.69) is 10.1 Å². The summed E-state index contributed by atoms with van der Waals surface area (Å²) in [5.41, 5.74) is 0. The first-order valence-corrected chi connectivity index (χ1v) is 2.66. The Labute approximate surface area is 52.2 Å². The molecule has 1 amide bonds. The van der Waals surface area contributed by atoms with Gasteiger partial charge in [-0.1, -0.05) is 0 Å². The molecule has 1 atom stereocenters. The fourth-order valence-electron chi connectivity index (χ4n) is 0.604. The van der Waals surface area contributed by atoms with Crippen LogP contribution in [0.15, 0.2) is 0 Å². The van der Waals surface area contributed by atoms with Gasteiger partial charge in [0.25, 0.3) is 5.91 Å². The predicted octanol–water partition coefficient (Wildman–Crippen LogP) is -0.952. The monoisotopic (exact) mass is 129 g/mol. The third-order valence-corrected chi connectivity index (χ3v) is 1.08. The van der Waals surface area contributed by atoms with Crippen molar-refractivity contribution in [3.63, 3.8) is 0 Å². The van der Waals surface area contributed by atoms with Crippen molar-refractivity contribution in [1.29, 1.82) is 0 Å². The maximum absolute atomic E-state index is 10.5. The second kappa shape index (κ2) is 2.05. The number of cyclic esters (lactones) is 1. The Morgan fingerprint density at radius 2 is 2.33 bits per heavy atom. The largest absolute Gasteiger partial charge is 0.454 e. The molecule has 9 heavy (non-hydrogen) atoms. The van der Waals surface area contributed by atoms with Crippen LogP contribution in [-0.2, 0) is 14.3 Å². The SMILES string of the molecule is C[C@@H]1NC(=O)COC1=O. The molecule has 0 bridgehead atoms. The molecule has 0 aliphatic carbocycles. The molecule has 1 aliphatic heterocycles. The van der Waals surface area contributed by atoms with Crippen molar-refractivity contribution in [3.05, 3.63) is 0 Å². The molecule has 50 valence electrons. The standard InChI is InChI=1S/C5H7NO3/c1-3-5(8)9-2-4(7)6-3/h3H,2H2,1H3,(H,6,7)/t3-/m0/s1. The highest BCUT2D eigenvalue weighted by atomic mass is 16.5. The van der Waals surface area contributed by atoms with Crippen LogP contribution in [0, 0.1) is 0 Å². The molecule has 1 rings (SSSR count). The molecule has 0 aromatic heterocycles. The molecule has 4 heteroatoms. The lowest BCUT2D eigenvalue weighted by atomic mass is 10.3. The number of carbonyl (C=O) groups excluding carboxylic acids is 2. The zero-order chi connectivity index (χ0) is 6.85. The number of hydrogen-bond acceptors (Lipinski definition) is 3. The van der Waals surface area contributed by atoms with Gasteiger partial charge in [-0.3, -0.25) is 4.79 Å². The van der Waals surface area contributed by atoms with Crippen molar-refractivity contribution >= 4 is 11.9 Å². The van der Waals surface area contributed by atoms with Gasteiger partial charge in [0.2, 0.25) is 0 Å². The average molecular weight is 129 g/mol. The van der Waals surface area contributed by atoms with E-state index in [9.17, 15) is 9.59 Å². The highest BCUT2D eigenvalue weighted by Gasteiger charge is 2.22. The van der Waals surface area contributed by atoms with Crippen molar-refractivity contribution in [3.8, 4) is 0 Å². The zero-order valence-corrected chi connectivity index (χ0v) is 5.01. The van der Waals surface area contributed by atoms with Gasteiger partial charge >= 0.3 is 5.97 Å². The van der Waals surface area contributed by atoms with E-state index in [0.29, 0.717) is 0 Å². The first-order chi connectivity index (χ1) is 4.20. The molecular formula is C5H7NO3. The van der Waals surface area contributed by atoms with Crippen LogP contribution in [0.1, 0.15) is 6.92 Å². The molecular weight excluding hydrogens is 122 g/mol. The molecule has 1 aliphatic rings. The van der Waals surface area contributed by atoms with Crippen molar-refractivity contribution in [1.82, 2.24) is 5.32 Å². The molecule has 0 saturated carbocycles. The first kappa shape index (κ1) is 6.07. The van der Waals surface area contributed by atoms with Crippen molar-refractivity contribution < 1.29 is 14.3 Å². The van der Waals surface area contributed by atoms with E-state index in [1.54, 1.807) is 6.92 Å². The molecule has 1 heterocycles. The number of carbonyl (C=O) groups is 2. The Kier molecular flexibility index (Phi) is 1.38. The van der Waals surface area contributed by atoms with Crippen LogP contribution in [0.4, 0.5) is 0 Å². The maximum atomic E-state index is 10.5. The van der Waals surface area contributed by atoms with E-state index in [-0.39, 0.29) is 18.5 Å². The number of morpholine rings is 1. The lowest BCUT2D eigenvalue weighted by Crippen LogP contribution is -2.47. The second-order valence-corrected chi connectivity index (χ2v) is 1.90. The molecule has 4 nitrogen and oxygen atoms in total. The molecule has 1 fully saturated rings. The van der Waals surface area contributed by atoms with Gasteiger partial charge in [-0.15, -0.1) is 0 Å². The van der Waals surface area contributed by atoms with Crippen LogP contribution in [-0.4, -0.2) is 24.5 Å². The van der Waals surface area contributed by atoms with Gasteiger partial charge in [-0.2, -0.15) is 0 Å². The summed E-state index contributed by atoms with van der Waals surface area (Å²) in [6.07, 6.45) is 0. The second-order valence-electron chi connectivity index (χ2n) is 1.90. The number of hydrogen-bond donors (Lipinski definition) is 1. The van der Waals surface area contributed by atoms with Crippen LogP contribution in [0.2, 0.25) is 0 Å². The molecule has 0 aromatic rings. The average Bonchev–Trinajstić information content (AvgIpc) is 1.80. The van der Waals surface area contributed by atoms with Crippen LogP contribution in [0.5, 0.6) is 0 Å². The summed E-state index contributed by atoms with van der Waals surface area (Å²) >= 11 is 0. The number of nitrogens with one attached hydrogen (secondary N) is 1. The topological polar surface area (TPSA) is 55.4 Å². The predicted molar refractivity (Wildman–Crippen MR) is 28.6 cm³/mol. The zero-order valence-electron chi connectivity index (χ0n) is 5.01. The first-order valence-electron chi connectivity index (χ1n) is 2.66. The summed E-state index contributed by atoms with van der Waals surface area (Å²) in [6, 6.07) is -0.480. The summed E-state index contributed by atoms with van der Waals surface area (Å²) in [6.45, 7) is 1.45. The Morgan fingerprint density at radius 3 is 2.78 bits per heavy atom. The van der Waals surface area contributed by atoms with Gasteiger partial charge in [0.15, 0.2) is 6.61 Å². The lowest BCUT2D eigenvalue weighted by molar-refractivity contribution is -0.156. The molecule has 0 unspecified atom stereocenters. The van der Waals surface area contributed by atoms with E-state index < -0.39 is 6.04 Å². The summed E-state index contributed by atoms with van der Waals surface area (Å²) in [4.78, 5) is 20.9. The van der Waals surface area contributed by atoms with Gasteiger partial charge in [0.05, 0.1) is 0 Å². The van der Waals surface area contributed by atoms with Crippen LogP contribution in [0.25, 0.3) is 0 Å². The Bertz CT molecular complexity index is 154. The molecule has 0 aromatic carbocycles. The van der Waals surface area contributed by atoms with Crippen molar-refractivity contribution in [2.45, 2.75) is 13.0 Å². The highest BCUT2D eigenvalue weighted by Crippen LogP contribution is 1.93. The van der Waals surface area contributed by atoms with Gasteiger partial charge in [-0.05, 0) is 6.92 Å². The molecule has 1 N–H and O–H groups in total. The van der Waals surface area contributed by atoms with E-state index in [1.165, 1.54) is 0 Å². The van der Waals surface area contributed by atoms with E-state index in [4.69, 9.17) is 0 Å². The van der Waals surface area contributed by atoms with Crippen molar-refractivity contribution in [2.75, 3.05) is 6.61 Å². The van der Waals surface area contributed by atoms with Gasteiger partial charge in [0, 0.05) is 0 Å². The Hall–Kier alpha value is -1.06. The number of ether oxygens (including phenoxy) is 1. The van der Waals surface area contributed by atoms with Crippen LogP contribution >= 0.6 is 0 Å². The fraction of sp³-hybridized carbons (Fsp3) is 0.600. The fourth-order valence-corrected chi connectivity index (χ4v) is 0.604. The minimum Gasteiger partial charge on any atom is -0.454 e. The summed E-state index contributed by atoms with van der Waals surface area (Å²) < 4.78 is 4.45. The van der Waals surface area contributed by atoms with Gasteiger partial charge in [-0.25, -0.2) is 4.79 Å². The van der Waals surface area contributed by atoms with E-state index >= 15 is 0 Å². The molecule has 0 spiro atoms. The normalized spacial score (nSPS) is 27.0. The van der Waals surface area contributed by atoms with E-state index in [1.807, 2.05) is 0 Å².